The maximum absolute atomic E-state index is 12.4. The molecule has 1 aliphatic heterocycles. The molecule has 0 atom stereocenters. The van der Waals surface area contributed by atoms with E-state index in [0.717, 1.165) is 34.6 Å². The van der Waals surface area contributed by atoms with Crippen LogP contribution in [0.1, 0.15) is 12.5 Å². The SMILES string of the molecule is CCOc1ccccc1N1CCN(C(=O)/C=C\c2ccc(Br)cc2)CC1. The van der Waals surface area contributed by atoms with E-state index in [0.29, 0.717) is 19.7 Å². The summed E-state index contributed by atoms with van der Waals surface area (Å²) in [6.07, 6.45) is 3.53. The minimum atomic E-state index is 0.0608. The number of carbonyl (C=O) groups excluding carboxylic acids is 1. The molecule has 26 heavy (non-hydrogen) atoms. The van der Waals surface area contributed by atoms with Crippen LogP contribution < -0.4 is 9.64 Å². The van der Waals surface area contributed by atoms with Crippen molar-refractivity contribution in [2.75, 3.05) is 37.7 Å². The molecule has 0 spiro atoms. The van der Waals surface area contributed by atoms with Gasteiger partial charge < -0.3 is 14.5 Å². The Kier molecular flexibility index (Phi) is 6.34. The van der Waals surface area contributed by atoms with Gasteiger partial charge in [-0.15, -0.1) is 0 Å². The number of anilines is 1. The largest absolute Gasteiger partial charge is 0.492 e. The van der Waals surface area contributed by atoms with Crippen LogP contribution in [0.15, 0.2) is 59.1 Å². The zero-order valence-electron chi connectivity index (χ0n) is 14.9. The highest BCUT2D eigenvalue weighted by Gasteiger charge is 2.21. The van der Waals surface area contributed by atoms with Gasteiger partial charge in [-0.2, -0.15) is 0 Å². The molecule has 5 heteroatoms. The highest BCUT2D eigenvalue weighted by Crippen LogP contribution is 2.28. The number of piperazine rings is 1. The van der Waals surface area contributed by atoms with Crippen LogP contribution in [-0.2, 0) is 4.79 Å². The van der Waals surface area contributed by atoms with Gasteiger partial charge in [-0.1, -0.05) is 40.2 Å². The maximum Gasteiger partial charge on any atom is 0.246 e. The third-order valence-corrected chi connectivity index (χ3v) is 4.91. The normalized spacial score (nSPS) is 14.7. The molecule has 1 fully saturated rings. The average Bonchev–Trinajstić information content (AvgIpc) is 2.68. The Morgan fingerprint density at radius 1 is 1.08 bits per heavy atom. The van der Waals surface area contributed by atoms with Crippen molar-refractivity contribution in [1.29, 1.82) is 0 Å². The monoisotopic (exact) mass is 414 g/mol. The molecular formula is C21H23BrN2O2. The topological polar surface area (TPSA) is 32.8 Å². The summed E-state index contributed by atoms with van der Waals surface area (Å²) in [5.41, 5.74) is 2.12. The number of para-hydroxylation sites is 2. The Hall–Kier alpha value is -2.27. The number of ether oxygens (including phenoxy) is 1. The van der Waals surface area contributed by atoms with Crippen molar-refractivity contribution in [1.82, 2.24) is 4.90 Å². The first kappa shape index (κ1) is 18.5. The molecule has 1 heterocycles. The van der Waals surface area contributed by atoms with E-state index in [-0.39, 0.29) is 5.91 Å². The van der Waals surface area contributed by atoms with Crippen LogP contribution in [0.3, 0.4) is 0 Å². The molecule has 0 N–H and O–H groups in total. The van der Waals surface area contributed by atoms with Crippen LogP contribution in [0.2, 0.25) is 0 Å². The summed E-state index contributed by atoms with van der Waals surface area (Å²) in [5.74, 6) is 0.968. The standard InChI is InChI=1S/C21H23BrN2O2/c1-2-26-20-6-4-3-5-19(20)23-13-15-24(16-14-23)21(25)12-9-17-7-10-18(22)11-8-17/h3-12H,2,13-16H2,1H3/b12-9-. The van der Waals surface area contributed by atoms with Gasteiger partial charge in [0.1, 0.15) is 5.75 Å². The molecule has 0 aromatic heterocycles. The van der Waals surface area contributed by atoms with Crippen molar-refractivity contribution in [3.8, 4) is 5.75 Å². The van der Waals surface area contributed by atoms with Gasteiger partial charge in [0.25, 0.3) is 0 Å². The number of halogens is 1. The minimum absolute atomic E-state index is 0.0608. The van der Waals surface area contributed by atoms with Crippen LogP contribution in [0.4, 0.5) is 5.69 Å². The molecule has 3 rings (SSSR count). The third-order valence-electron chi connectivity index (χ3n) is 4.39. The average molecular weight is 415 g/mol. The van der Waals surface area contributed by atoms with Crippen molar-refractivity contribution in [2.24, 2.45) is 0 Å². The van der Waals surface area contributed by atoms with Gasteiger partial charge in [0.05, 0.1) is 12.3 Å². The van der Waals surface area contributed by atoms with Gasteiger partial charge in [0.15, 0.2) is 0 Å². The third kappa shape index (κ3) is 4.67. The van der Waals surface area contributed by atoms with Gasteiger partial charge in [0, 0.05) is 36.7 Å². The molecule has 4 nitrogen and oxygen atoms in total. The summed E-state index contributed by atoms with van der Waals surface area (Å²) >= 11 is 3.41. The summed E-state index contributed by atoms with van der Waals surface area (Å²) in [5, 5.41) is 0. The lowest BCUT2D eigenvalue weighted by Crippen LogP contribution is -2.48. The van der Waals surface area contributed by atoms with E-state index in [2.05, 4.69) is 26.9 Å². The number of hydrogen-bond acceptors (Lipinski definition) is 3. The summed E-state index contributed by atoms with van der Waals surface area (Å²) < 4.78 is 6.76. The molecule has 0 bridgehead atoms. The molecule has 2 aromatic rings. The Morgan fingerprint density at radius 2 is 1.77 bits per heavy atom. The Balaban J connectivity index is 1.58. The molecule has 1 amide bonds. The van der Waals surface area contributed by atoms with Crippen molar-refractivity contribution < 1.29 is 9.53 Å². The van der Waals surface area contributed by atoms with Crippen LogP contribution in [0.25, 0.3) is 6.08 Å². The fraction of sp³-hybridized carbons (Fsp3) is 0.286. The van der Waals surface area contributed by atoms with E-state index in [1.807, 2.05) is 60.4 Å². The predicted molar refractivity (Wildman–Crippen MR) is 110 cm³/mol. The minimum Gasteiger partial charge on any atom is -0.492 e. The highest BCUT2D eigenvalue weighted by molar-refractivity contribution is 9.10. The summed E-state index contributed by atoms with van der Waals surface area (Å²) in [7, 11) is 0. The number of hydrogen-bond donors (Lipinski definition) is 0. The van der Waals surface area contributed by atoms with E-state index >= 15 is 0 Å². The lowest BCUT2D eigenvalue weighted by molar-refractivity contribution is -0.126. The molecule has 0 unspecified atom stereocenters. The molecule has 1 saturated heterocycles. The smallest absolute Gasteiger partial charge is 0.246 e. The van der Waals surface area contributed by atoms with Gasteiger partial charge in [-0.05, 0) is 42.8 Å². The maximum atomic E-state index is 12.4. The summed E-state index contributed by atoms with van der Waals surface area (Å²) in [4.78, 5) is 16.6. The van der Waals surface area contributed by atoms with E-state index in [4.69, 9.17) is 4.74 Å². The molecular weight excluding hydrogens is 392 g/mol. The van der Waals surface area contributed by atoms with Gasteiger partial charge in [-0.3, -0.25) is 4.79 Å². The second kappa shape index (κ2) is 8.90. The predicted octanol–water partition coefficient (Wildman–Crippen LogP) is 4.21. The van der Waals surface area contributed by atoms with E-state index in [9.17, 15) is 4.79 Å². The number of benzene rings is 2. The first-order valence-electron chi connectivity index (χ1n) is 8.86. The van der Waals surface area contributed by atoms with E-state index in [1.54, 1.807) is 6.08 Å². The molecule has 0 aliphatic carbocycles. The Labute approximate surface area is 163 Å². The summed E-state index contributed by atoms with van der Waals surface area (Å²) in [6.45, 7) is 5.68. The van der Waals surface area contributed by atoms with E-state index in [1.165, 1.54) is 0 Å². The fourth-order valence-corrected chi connectivity index (χ4v) is 3.27. The molecule has 136 valence electrons. The second-order valence-electron chi connectivity index (χ2n) is 6.10. The fourth-order valence-electron chi connectivity index (χ4n) is 3.01. The first-order chi connectivity index (χ1) is 12.7. The Morgan fingerprint density at radius 3 is 2.46 bits per heavy atom. The van der Waals surface area contributed by atoms with Crippen LogP contribution in [0, 0.1) is 0 Å². The molecule has 1 aliphatic rings. The quantitative estimate of drug-likeness (QED) is 0.686. The lowest BCUT2D eigenvalue weighted by atomic mass is 10.2. The highest BCUT2D eigenvalue weighted by atomic mass is 79.9. The summed E-state index contributed by atoms with van der Waals surface area (Å²) in [6, 6.07) is 16.0. The van der Waals surface area contributed by atoms with Crippen molar-refractivity contribution in [3.05, 3.63) is 64.6 Å². The number of carbonyl (C=O) groups is 1. The van der Waals surface area contributed by atoms with Crippen LogP contribution in [-0.4, -0.2) is 43.6 Å². The zero-order chi connectivity index (χ0) is 18.4. The first-order valence-corrected chi connectivity index (χ1v) is 9.66. The Bertz CT molecular complexity index is 766. The van der Waals surface area contributed by atoms with Gasteiger partial charge in [0.2, 0.25) is 5.91 Å². The lowest BCUT2D eigenvalue weighted by Gasteiger charge is -2.36. The molecule has 2 aromatic carbocycles. The van der Waals surface area contributed by atoms with Crippen molar-refractivity contribution in [3.63, 3.8) is 0 Å². The van der Waals surface area contributed by atoms with Gasteiger partial charge in [-0.25, -0.2) is 0 Å². The number of amides is 1. The molecule has 0 saturated carbocycles. The van der Waals surface area contributed by atoms with E-state index < -0.39 is 0 Å². The van der Waals surface area contributed by atoms with Crippen LogP contribution in [0.5, 0.6) is 5.75 Å². The van der Waals surface area contributed by atoms with Crippen LogP contribution >= 0.6 is 15.9 Å². The van der Waals surface area contributed by atoms with Gasteiger partial charge >= 0.3 is 0 Å². The molecule has 0 radical (unpaired) electrons. The number of nitrogens with zero attached hydrogens (tertiary/aromatic N) is 2. The van der Waals surface area contributed by atoms with Crippen molar-refractivity contribution in [2.45, 2.75) is 6.92 Å². The van der Waals surface area contributed by atoms with Crippen molar-refractivity contribution >= 4 is 33.6 Å². The second-order valence-corrected chi connectivity index (χ2v) is 7.01. The number of rotatable bonds is 5. The zero-order valence-corrected chi connectivity index (χ0v) is 16.5.